The standard InChI is InChI=1S/C12H7FN4O4S/c1-22-12-15-9(5(4-14)11(19)16-12)8-6(13)2-3-7(10(8)18)17(20)21/h2-3,18H,1H3,(H,15,16,19). The lowest BCUT2D eigenvalue weighted by Gasteiger charge is -2.08. The van der Waals surface area contributed by atoms with Crippen molar-refractivity contribution in [2.45, 2.75) is 5.16 Å². The van der Waals surface area contributed by atoms with Gasteiger partial charge in [-0.15, -0.1) is 0 Å². The van der Waals surface area contributed by atoms with Gasteiger partial charge in [-0.2, -0.15) is 5.26 Å². The molecule has 1 heterocycles. The van der Waals surface area contributed by atoms with Gasteiger partial charge in [0, 0.05) is 6.07 Å². The molecule has 0 amide bonds. The van der Waals surface area contributed by atoms with Crippen LogP contribution in [0.1, 0.15) is 5.56 Å². The van der Waals surface area contributed by atoms with E-state index in [1.165, 1.54) is 0 Å². The first-order valence-electron chi connectivity index (χ1n) is 5.65. The summed E-state index contributed by atoms with van der Waals surface area (Å²) in [5, 5.41) is 29.8. The summed E-state index contributed by atoms with van der Waals surface area (Å²) < 4.78 is 14.0. The Bertz CT molecular complexity index is 875. The number of H-pyrrole nitrogens is 1. The minimum atomic E-state index is -1.04. The highest BCUT2D eigenvalue weighted by molar-refractivity contribution is 7.98. The third-order valence-corrected chi connectivity index (χ3v) is 3.32. The van der Waals surface area contributed by atoms with E-state index in [4.69, 9.17) is 5.26 Å². The molecule has 0 aliphatic carbocycles. The second kappa shape index (κ2) is 5.82. The molecule has 2 aromatic rings. The molecule has 0 saturated carbocycles. The minimum Gasteiger partial charge on any atom is -0.502 e. The van der Waals surface area contributed by atoms with Crippen LogP contribution in [0.4, 0.5) is 10.1 Å². The van der Waals surface area contributed by atoms with Crippen LogP contribution in [0.2, 0.25) is 0 Å². The lowest BCUT2D eigenvalue weighted by Crippen LogP contribution is -2.15. The number of nitrogens with zero attached hydrogens (tertiary/aromatic N) is 3. The first-order valence-corrected chi connectivity index (χ1v) is 6.87. The number of hydrogen-bond acceptors (Lipinski definition) is 7. The molecule has 112 valence electrons. The fraction of sp³-hybridized carbons (Fsp3) is 0.0833. The van der Waals surface area contributed by atoms with Crippen molar-refractivity contribution in [3.63, 3.8) is 0 Å². The van der Waals surface area contributed by atoms with E-state index in [-0.39, 0.29) is 5.16 Å². The van der Waals surface area contributed by atoms with Crippen LogP contribution in [0.25, 0.3) is 11.3 Å². The van der Waals surface area contributed by atoms with Gasteiger partial charge < -0.3 is 10.1 Å². The third-order valence-electron chi connectivity index (χ3n) is 2.74. The Morgan fingerprint density at radius 2 is 2.23 bits per heavy atom. The summed E-state index contributed by atoms with van der Waals surface area (Å²) in [6.45, 7) is 0. The number of aromatic amines is 1. The normalized spacial score (nSPS) is 10.2. The molecule has 22 heavy (non-hydrogen) atoms. The SMILES string of the molecule is CSc1nc(-c2c(F)ccc([N+](=O)[O-])c2O)c(C#N)c(=O)[nH]1. The molecule has 0 aliphatic rings. The van der Waals surface area contributed by atoms with Crippen molar-refractivity contribution in [1.82, 2.24) is 9.97 Å². The van der Waals surface area contributed by atoms with E-state index in [1.54, 1.807) is 12.3 Å². The Kier molecular flexibility index (Phi) is 4.09. The molecule has 1 aromatic carbocycles. The molecule has 2 N–H and O–H groups in total. The van der Waals surface area contributed by atoms with E-state index >= 15 is 0 Å². The quantitative estimate of drug-likeness (QED) is 0.381. The number of nitro benzene ring substituents is 1. The van der Waals surface area contributed by atoms with Crippen LogP contribution in [-0.2, 0) is 0 Å². The summed E-state index contributed by atoms with van der Waals surface area (Å²) in [4.78, 5) is 27.9. The molecule has 0 atom stereocenters. The number of aromatic hydroxyl groups is 1. The van der Waals surface area contributed by atoms with E-state index in [0.717, 1.165) is 23.9 Å². The van der Waals surface area contributed by atoms with Gasteiger partial charge in [-0.25, -0.2) is 9.37 Å². The Balaban J connectivity index is 2.91. The number of nitriles is 1. The lowest BCUT2D eigenvalue weighted by atomic mass is 10.0. The molecule has 0 saturated heterocycles. The maximum atomic E-state index is 14.0. The average Bonchev–Trinajstić information content (AvgIpc) is 2.46. The van der Waals surface area contributed by atoms with Gasteiger partial charge >= 0.3 is 5.69 Å². The van der Waals surface area contributed by atoms with E-state index in [0.29, 0.717) is 0 Å². The lowest BCUT2D eigenvalue weighted by molar-refractivity contribution is -0.385. The molecule has 8 nitrogen and oxygen atoms in total. The van der Waals surface area contributed by atoms with E-state index < -0.39 is 44.6 Å². The van der Waals surface area contributed by atoms with Crippen LogP contribution in [0, 0.1) is 27.3 Å². The number of benzene rings is 1. The third kappa shape index (κ3) is 2.49. The maximum Gasteiger partial charge on any atom is 0.311 e. The smallest absolute Gasteiger partial charge is 0.311 e. The second-order valence-corrected chi connectivity index (χ2v) is 4.75. The number of phenols is 1. The molecule has 10 heteroatoms. The van der Waals surface area contributed by atoms with Gasteiger partial charge in [0.15, 0.2) is 5.16 Å². The fourth-order valence-corrected chi connectivity index (χ4v) is 2.14. The summed E-state index contributed by atoms with van der Waals surface area (Å²) in [6, 6.07) is 3.09. The van der Waals surface area contributed by atoms with Crippen molar-refractivity contribution < 1.29 is 14.4 Å². The summed E-state index contributed by atoms with van der Waals surface area (Å²) in [7, 11) is 0. The molecule has 0 spiro atoms. The van der Waals surface area contributed by atoms with E-state index in [9.17, 15) is 24.4 Å². The van der Waals surface area contributed by atoms with Gasteiger partial charge in [0.2, 0.25) is 5.75 Å². The Labute approximate surface area is 126 Å². The zero-order chi connectivity index (χ0) is 16.4. The number of hydrogen-bond donors (Lipinski definition) is 2. The average molecular weight is 322 g/mol. The van der Waals surface area contributed by atoms with Crippen molar-refractivity contribution in [2.24, 2.45) is 0 Å². The molecule has 0 unspecified atom stereocenters. The van der Waals surface area contributed by atoms with Crippen molar-refractivity contribution in [3.8, 4) is 23.1 Å². The maximum absolute atomic E-state index is 14.0. The summed E-state index contributed by atoms with van der Waals surface area (Å²) in [5.74, 6) is -2.03. The number of nitrogens with one attached hydrogen (secondary N) is 1. The highest BCUT2D eigenvalue weighted by Crippen LogP contribution is 2.38. The van der Waals surface area contributed by atoms with Crippen molar-refractivity contribution >= 4 is 17.4 Å². The van der Waals surface area contributed by atoms with Gasteiger partial charge in [-0.05, 0) is 12.3 Å². The van der Waals surface area contributed by atoms with Crippen LogP contribution in [0.15, 0.2) is 22.1 Å². The van der Waals surface area contributed by atoms with Crippen LogP contribution in [-0.4, -0.2) is 26.3 Å². The molecular weight excluding hydrogens is 315 g/mol. The predicted octanol–water partition coefficient (Wildman–Crippen LogP) is 1.78. The summed E-state index contributed by atoms with van der Waals surface area (Å²) >= 11 is 1.02. The zero-order valence-corrected chi connectivity index (χ0v) is 11.8. The van der Waals surface area contributed by atoms with Crippen molar-refractivity contribution in [3.05, 3.63) is 44.0 Å². The fourth-order valence-electron chi connectivity index (χ4n) is 1.76. The van der Waals surface area contributed by atoms with Crippen LogP contribution < -0.4 is 5.56 Å². The zero-order valence-electron chi connectivity index (χ0n) is 11.0. The van der Waals surface area contributed by atoms with Crippen LogP contribution >= 0.6 is 11.8 Å². The molecular formula is C12H7FN4O4S. The Hall–Kier alpha value is -2.93. The molecule has 0 bridgehead atoms. The van der Waals surface area contributed by atoms with Crippen molar-refractivity contribution in [1.29, 1.82) is 5.26 Å². The molecule has 2 rings (SSSR count). The van der Waals surface area contributed by atoms with Gasteiger partial charge in [0.1, 0.15) is 23.1 Å². The minimum absolute atomic E-state index is 0.0734. The number of phenolic OH excluding ortho intramolecular Hbond substituents is 1. The highest BCUT2D eigenvalue weighted by Gasteiger charge is 2.26. The summed E-state index contributed by atoms with van der Waals surface area (Å²) in [6.07, 6.45) is 1.58. The van der Waals surface area contributed by atoms with E-state index in [1.807, 2.05) is 0 Å². The first kappa shape index (κ1) is 15.5. The van der Waals surface area contributed by atoms with Gasteiger partial charge in [-0.3, -0.25) is 14.9 Å². The largest absolute Gasteiger partial charge is 0.502 e. The number of halogens is 1. The highest BCUT2D eigenvalue weighted by atomic mass is 32.2. The predicted molar refractivity (Wildman–Crippen MR) is 75.1 cm³/mol. The second-order valence-electron chi connectivity index (χ2n) is 3.96. The number of aromatic nitrogens is 2. The van der Waals surface area contributed by atoms with E-state index in [2.05, 4.69) is 9.97 Å². The van der Waals surface area contributed by atoms with Crippen molar-refractivity contribution in [2.75, 3.05) is 6.26 Å². The monoisotopic (exact) mass is 322 g/mol. The van der Waals surface area contributed by atoms with Gasteiger partial charge in [-0.1, -0.05) is 11.8 Å². The molecule has 0 aliphatic heterocycles. The van der Waals surface area contributed by atoms with Crippen LogP contribution in [0.5, 0.6) is 5.75 Å². The Morgan fingerprint density at radius 3 is 2.77 bits per heavy atom. The first-order chi connectivity index (χ1) is 10.4. The topological polar surface area (TPSA) is 133 Å². The Morgan fingerprint density at radius 1 is 1.55 bits per heavy atom. The summed E-state index contributed by atoms with van der Waals surface area (Å²) in [5.41, 5.74) is -3.25. The molecule has 0 fully saturated rings. The number of rotatable bonds is 3. The number of thioether (sulfide) groups is 1. The molecule has 1 aromatic heterocycles. The molecule has 0 radical (unpaired) electrons. The van der Waals surface area contributed by atoms with Gasteiger partial charge in [0.25, 0.3) is 5.56 Å². The van der Waals surface area contributed by atoms with Crippen LogP contribution in [0.3, 0.4) is 0 Å². The van der Waals surface area contributed by atoms with Gasteiger partial charge in [0.05, 0.1) is 10.5 Å². The number of nitro groups is 1.